The van der Waals surface area contributed by atoms with Gasteiger partial charge in [0.05, 0.1) is 10.6 Å². The van der Waals surface area contributed by atoms with Crippen LogP contribution in [-0.2, 0) is 9.84 Å². The van der Waals surface area contributed by atoms with E-state index in [1.165, 1.54) is 6.26 Å². The average molecular weight is 314 g/mol. The molecule has 1 aliphatic rings. The molecule has 0 aliphatic carbocycles. The summed E-state index contributed by atoms with van der Waals surface area (Å²) in [5.41, 5.74) is 0.956. The van der Waals surface area contributed by atoms with Crippen LogP contribution in [0.5, 0.6) is 0 Å². The number of nitrogens with zero attached hydrogens (tertiary/aromatic N) is 1. The molecule has 0 aromatic heterocycles. The van der Waals surface area contributed by atoms with Crippen molar-refractivity contribution in [1.29, 1.82) is 0 Å². The molecule has 0 amide bonds. The van der Waals surface area contributed by atoms with Crippen LogP contribution in [0.4, 0.5) is 5.69 Å². The molecular weight excluding hydrogens is 302 g/mol. The van der Waals surface area contributed by atoms with Crippen molar-refractivity contribution in [1.82, 2.24) is 0 Å². The number of benzene rings is 1. The molecule has 1 aliphatic heterocycles. The third-order valence-electron chi connectivity index (χ3n) is 2.47. The molecule has 1 aromatic carbocycles. The molecule has 0 radical (unpaired) electrons. The van der Waals surface area contributed by atoms with Gasteiger partial charge in [-0.3, -0.25) is 0 Å². The normalized spacial score (nSPS) is 15.3. The van der Waals surface area contributed by atoms with Gasteiger partial charge in [-0.1, -0.05) is 12.2 Å². The smallest absolute Gasteiger partial charge is 0.175 e. The van der Waals surface area contributed by atoms with Crippen molar-refractivity contribution in [2.45, 2.75) is 4.90 Å². The Balaban J connectivity index is 2.39. The quantitative estimate of drug-likeness (QED) is 0.842. The SMILES string of the molecule is CS(=O)(=O)c1ccc(N2C=CC=CC2)c(Br)c1. The van der Waals surface area contributed by atoms with Gasteiger partial charge in [0.1, 0.15) is 0 Å². The first-order chi connectivity index (χ1) is 7.98. The lowest BCUT2D eigenvalue weighted by Gasteiger charge is -2.22. The van der Waals surface area contributed by atoms with Gasteiger partial charge in [-0.2, -0.15) is 0 Å². The van der Waals surface area contributed by atoms with Gasteiger partial charge < -0.3 is 4.90 Å². The molecule has 5 heteroatoms. The first-order valence-corrected chi connectivity index (χ1v) is 7.76. The lowest BCUT2D eigenvalue weighted by Crippen LogP contribution is -2.18. The summed E-state index contributed by atoms with van der Waals surface area (Å²) in [6.07, 6.45) is 9.13. The molecule has 0 N–H and O–H groups in total. The third kappa shape index (κ3) is 2.79. The Morgan fingerprint density at radius 3 is 2.59 bits per heavy atom. The van der Waals surface area contributed by atoms with Gasteiger partial charge in [-0.05, 0) is 40.2 Å². The number of hydrogen-bond acceptors (Lipinski definition) is 3. The van der Waals surface area contributed by atoms with E-state index in [1.54, 1.807) is 12.1 Å². The highest BCUT2D eigenvalue weighted by Gasteiger charge is 2.12. The van der Waals surface area contributed by atoms with Crippen molar-refractivity contribution in [2.75, 3.05) is 17.7 Å². The van der Waals surface area contributed by atoms with Crippen LogP contribution >= 0.6 is 15.9 Å². The van der Waals surface area contributed by atoms with E-state index in [2.05, 4.69) is 15.9 Å². The summed E-state index contributed by atoms with van der Waals surface area (Å²) in [4.78, 5) is 2.36. The lowest BCUT2D eigenvalue weighted by molar-refractivity contribution is 0.602. The Bertz CT molecular complexity index is 591. The highest BCUT2D eigenvalue weighted by Crippen LogP contribution is 2.29. The van der Waals surface area contributed by atoms with E-state index in [0.717, 1.165) is 16.7 Å². The van der Waals surface area contributed by atoms with Gasteiger partial charge in [0, 0.05) is 23.5 Å². The number of rotatable bonds is 2. The standard InChI is InChI=1S/C12H12BrNO2S/c1-17(15,16)10-5-6-12(11(13)9-10)14-7-3-2-4-8-14/h2-7,9H,8H2,1H3. The van der Waals surface area contributed by atoms with E-state index in [0.29, 0.717) is 4.90 Å². The summed E-state index contributed by atoms with van der Waals surface area (Å²) in [5.74, 6) is 0. The first-order valence-electron chi connectivity index (χ1n) is 5.08. The minimum Gasteiger partial charge on any atom is -0.343 e. The van der Waals surface area contributed by atoms with E-state index in [4.69, 9.17) is 0 Å². The lowest BCUT2D eigenvalue weighted by atomic mass is 10.2. The van der Waals surface area contributed by atoms with Crippen LogP contribution in [0.25, 0.3) is 0 Å². The summed E-state index contributed by atoms with van der Waals surface area (Å²) in [5, 5.41) is 0. The van der Waals surface area contributed by atoms with Crippen LogP contribution < -0.4 is 4.90 Å². The molecular formula is C12H12BrNO2S. The van der Waals surface area contributed by atoms with E-state index in [1.807, 2.05) is 35.4 Å². The minimum absolute atomic E-state index is 0.324. The molecule has 1 aromatic rings. The van der Waals surface area contributed by atoms with E-state index >= 15 is 0 Å². The number of anilines is 1. The summed E-state index contributed by atoms with van der Waals surface area (Å²) in [6.45, 7) is 0.785. The number of allylic oxidation sites excluding steroid dienone is 2. The largest absolute Gasteiger partial charge is 0.343 e. The van der Waals surface area contributed by atoms with E-state index < -0.39 is 9.84 Å². The Hall–Kier alpha value is -1.07. The molecule has 1 heterocycles. The van der Waals surface area contributed by atoms with Crippen molar-refractivity contribution < 1.29 is 8.42 Å². The van der Waals surface area contributed by atoms with Crippen LogP contribution in [0.3, 0.4) is 0 Å². The van der Waals surface area contributed by atoms with E-state index in [-0.39, 0.29) is 0 Å². The Labute approximate surface area is 109 Å². The predicted octanol–water partition coefficient (Wildman–Crippen LogP) is 2.74. The van der Waals surface area contributed by atoms with Gasteiger partial charge in [0.25, 0.3) is 0 Å². The maximum atomic E-state index is 11.4. The number of hydrogen-bond donors (Lipinski definition) is 0. The highest BCUT2D eigenvalue weighted by atomic mass is 79.9. The van der Waals surface area contributed by atoms with Crippen LogP contribution in [0.15, 0.2) is 52.0 Å². The maximum absolute atomic E-state index is 11.4. The zero-order valence-corrected chi connectivity index (χ0v) is 11.7. The molecule has 0 spiro atoms. The monoisotopic (exact) mass is 313 g/mol. The molecule has 90 valence electrons. The molecule has 0 unspecified atom stereocenters. The topological polar surface area (TPSA) is 37.4 Å². The van der Waals surface area contributed by atoms with Gasteiger partial charge >= 0.3 is 0 Å². The van der Waals surface area contributed by atoms with Gasteiger partial charge in [0.2, 0.25) is 0 Å². The van der Waals surface area contributed by atoms with Crippen molar-refractivity contribution in [3.8, 4) is 0 Å². The molecule has 3 nitrogen and oxygen atoms in total. The second-order valence-electron chi connectivity index (χ2n) is 3.81. The number of halogens is 1. The fourth-order valence-electron chi connectivity index (χ4n) is 1.60. The maximum Gasteiger partial charge on any atom is 0.175 e. The fourth-order valence-corrected chi connectivity index (χ4v) is 3.00. The van der Waals surface area contributed by atoms with Gasteiger partial charge in [-0.25, -0.2) is 8.42 Å². The van der Waals surface area contributed by atoms with Crippen LogP contribution in [0, 0.1) is 0 Å². The Morgan fingerprint density at radius 2 is 2.06 bits per heavy atom. The molecule has 2 rings (SSSR count). The van der Waals surface area contributed by atoms with Crippen LogP contribution in [0.1, 0.15) is 0 Å². The Morgan fingerprint density at radius 1 is 1.29 bits per heavy atom. The summed E-state index contributed by atoms with van der Waals surface area (Å²) < 4.78 is 23.6. The number of sulfone groups is 1. The second-order valence-corrected chi connectivity index (χ2v) is 6.68. The van der Waals surface area contributed by atoms with Crippen LogP contribution in [-0.4, -0.2) is 21.2 Å². The zero-order chi connectivity index (χ0) is 12.5. The molecule has 0 saturated carbocycles. The van der Waals surface area contributed by atoms with Gasteiger partial charge in [0.15, 0.2) is 9.84 Å². The minimum atomic E-state index is -3.15. The third-order valence-corrected chi connectivity index (χ3v) is 4.22. The zero-order valence-electron chi connectivity index (χ0n) is 9.30. The second kappa shape index (κ2) is 4.66. The highest BCUT2D eigenvalue weighted by molar-refractivity contribution is 9.10. The summed E-state index contributed by atoms with van der Waals surface area (Å²) in [7, 11) is -3.15. The summed E-state index contributed by atoms with van der Waals surface area (Å²) in [6, 6.07) is 5.07. The van der Waals surface area contributed by atoms with Crippen molar-refractivity contribution in [2.24, 2.45) is 0 Å². The fraction of sp³-hybridized carbons (Fsp3) is 0.167. The van der Waals surface area contributed by atoms with Crippen LogP contribution in [0.2, 0.25) is 0 Å². The first kappa shape index (κ1) is 12.4. The van der Waals surface area contributed by atoms with Gasteiger partial charge in [-0.15, -0.1) is 0 Å². The van der Waals surface area contributed by atoms with Crippen molar-refractivity contribution in [3.63, 3.8) is 0 Å². The van der Waals surface area contributed by atoms with Crippen molar-refractivity contribution in [3.05, 3.63) is 47.1 Å². The average Bonchev–Trinajstić information content (AvgIpc) is 2.29. The molecule has 0 bridgehead atoms. The van der Waals surface area contributed by atoms with Crippen molar-refractivity contribution >= 4 is 31.5 Å². The molecule has 0 atom stereocenters. The predicted molar refractivity (Wildman–Crippen MR) is 72.9 cm³/mol. The molecule has 0 saturated heterocycles. The summed E-state index contributed by atoms with van der Waals surface area (Å²) >= 11 is 3.41. The molecule has 0 fully saturated rings. The molecule has 17 heavy (non-hydrogen) atoms. The Kier molecular flexibility index (Phi) is 3.40. The van der Waals surface area contributed by atoms with E-state index in [9.17, 15) is 8.42 Å².